The van der Waals surface area contributed by atoms with Gasteiger partial charge in [-0.3, -0.25) is 10.3 Å². The summed E-state index contributed by atoms with van der Waals surface area (Å²) in [5, 5.41) is 0. The monoisotopic (exact) mass is 216 g/mol. The van der Waals surface area contributed by atoms with Gasteiger partial charge in [-0.25, -0.2) is 0 Å². The van der Waals surface area contributed by atoms with Crippen LogP contribution in [0.4, 0.5) is 5.69 Å². The topological polar surface area (TPSA) is 87.4 Å². The van der Waals surface area contributed by atoms with Gasteiger partial charge >= 0.3 is 0 Å². The number of hydrogen-bond acceptors (Lipinski definition) is 3. The van der Waals surface area contributed by atoms with Crippen molar-refractivity contribution in [1.29, 1.82) is 0 Å². The number of rotatable bonds is 3. The molecule has 0 fully saturated rings. The lowest BCUT2D eigenvalue weighted by Crippen LogP contribution is -2.00. The minimum atomic E-state index is -4.22. The Morgan fingerprint density at radius 1 is 1.50 bits per heavy atom. The van der Waals surface area contributed by atoms with E-state index < -0.39 is 10.1 Å². The van der Waals surface area contributed by atoms with Crippen LogP contribution in [0.3, 0.4) is 0 Å². The number of nitrogens with one attached hydrogen (secondary N) is 1. The Balaban J connectivity index is 3.20. The molecule has 0 spiro atoms. The normalized spacial score (nSPS) is 11.3. The van der Waals surface area contributed by atoms with Crippen molar-refractivity contribution >= 4 is 15.8 Å². The van der Waals surface area contributed by atoms with Crippen LogP contribution >= 0.6 is 0 Å². The van der Waals surface area contributed by atoms with Gasteiger partial charge in [0.25, 0.3) is 10.1 Å². The van der Waals surface area contributed by atoms with Gasteiger partial charge in [0.15, 0.2) is 0 Å². The highest BCUT2D eigenvalue weighted by molar-refractivity contribution is 7.85. The highest BCUT2D eigenvalue weighted by Gasteiger charge is 2.12. The molecule has 5 nitrogen and oxygen atoms in total. The molecule has 0 unspecified atom stereocenters. The molecule has 0 amide bonds. The summed E-state index contributed by atoms with van der Waals surface area (Å²) < 4.78 is 35.2. The molecule has 0 aliphatic rings. The molecular weight excluding hydrogens is 206 g/mol. The van der Waals surface area contributed by atoms with Gasteiger partial charge in [-0.15, -0.1) is 0 Å². The first-order chi connectivity index (χ1) is 6.45. The van der Waals surface area contributed by atoms with E-state index >= 15 is 0 Å². The van der Waals surface area contributed by atoms with Crippen LogP contribution in [0, 0.1) is 0 Å². The lowest BCUT2D eigenvalue weighted by molar-refractivity contribution is 0.340. The van der Waals surface area contributed by atoms with Gasteiger partial charge in [0.1, 0.15) is 5.75 Å². The highest BCUT2D eigenvalue weighted by atomic mass is 32.2. The molecule has 0 aromatic heterocycles. The van der Waals surface area contributed by atoms with Crippen LogP contribution in [-0.4, -0.2) is 19.6 Å². The van der Waals surface area contributed by atoms with Crippen molar-refractivity contribution in [1.82, 2.24) is 5.73 Å². The van der Waals surface area contributed by atoms with Gasteiger partial charge in [0.05, 0.1) is 17.2 Å². The van der Waals surface area contributed by atoms with E-state index in [4.69, 9.17) is 15.0 Å². The molecule has 1 radical (unpaired) electrons. The Bertz CT molecular complexity index is 427. The maximum Gasteiger partial charge on any atom is 0.294 e. The van der Waals surface area contributed by atoms with Crippen molar-refractivity contribution in [2.75, 3.05) is 6.61 Å². The van der Waals surface area contributed by atoms with Crippen molar-refractivity contribution in [2.45, 2.75) is 11.8 Å². The summed E-state index contributed by atoms with van der Waals surface area (Å²) in [7, 11) is -4.22. The van der Waals surface area contributed by atoms with Crippen LogP contribution in [0.2, 0.25) is 0 Å². The van der Waals surface area contributed by atoms with Crippen LogP contribution in [0.15, 0.2) is 23.1 Å². The second-order valence-electron chi connectivity index (χ2n) is 2.57. The maximum atomic E-state index is 10.7. The molecule has 0 saturated carbocycles. The van der Waals surface area contributed by atoms with Crippen molar-refractivity contribution in [3.05, 3.63) is 18.2 Å². The fourth-order valence-corrected chi connectivity index (χ4v) is 1.43. The van der Waals surface area contributed by atoms with E-state index in [9.17, 15) is 8.42 Å². The van der Waals surface area contributed by atoms with E-state index in [0.717, 1.165) is 12.1 Å². The summed E-state index contributed by atoms with van der Waals surface area (Å²) in [4.78, 5) is -0.267. The van der Waals surface area contributed by atoms with Crippen molar-refractivity contribution in [3.8, 4) is 5.75 Å². The standard InChI is InChI=1S/C8H10NO4S/c1-2-13-8-5-6(14(10,11)12)3-4-7(8)9/h3-5,9H,2H2,1H3,(H,10,11,12). The summed E-state index contributed by atoms with van der Waals surface area (Å²) in [5.74, 6) is 0.141. The molecular formula is C8H10NO4S. The van der Waals surface area contributed by atoms with E-state index in [-0.39, 0.29) is 16.3 Å². The first-order valence-corrected chi connectivity index (χ1v) is 5.35. The maximum absolute atomic E-state index is 10.7. The third kappa shape index (κ3) is 2.36. The quantitative estimate of drug-likeness (QED) is 0.770. The molecule has 1 aromatic carbocycles. The summed E-state index contributed by atoms with van der Waals surface area (Å²) in [6.07, 6.45) is 0. The SMILES string of the molecule is CCOc1cc(S(=O)(=O)O)ccc1[NH]. The average Bonchev–Trinajstić information content (AvgIpc) is 2.07. The highest BCUT2D eigenvalue weighted by Crippen LogP contribution is 2.26. The Kier molecular flexibility index (Phi) is 2.97. The lowest BCUT2D eigenvalue weighted by Gasteiger charge is -2.06. The lowest BCUT2D eigenvalue weighted by atomic mass is 10.3. The third-order valence-electron chi connectivity index (χ3n) is 1.55. The van der Waals surface area contributed by atoms with Gasteiger partial charge in [-0.1, -0.05) is 0 Å². The van der Waals surface area contributed by atoms with Crippen LogP contribution < -0.4 is 10.5 Å². The molecule has 14 heavy (non-hydrogen) atoms. The van der Waals surface area contributed by atoms with Gasteiger partial charge in [-0.2, -0.15) is 8.42 Å². The molecule has 6 heteroatoms. The molecule has 77 valence electrons. The smallest absolute Gasteiger partial charge is 0.294 e. The first-order valence-electron chi connectivity index (χ1n) is 3.91. The van der Waals surface area contributed by atoms with E-state index in [2.05, 4.69) is 0 Å². The van der Waals surface area contributed by atoms with Crippen LogP contribution in [0.1, 0.15) is 6.92 Å². The van der Waals surface area contributed by atoms with Crippen LogP contribution in [0.25, 0.3) is 0 Å². The number of ether oxygens (including phenoxy) is 1. The Hall–Kier alpha value is -1.27. The number of hydrogen-bond donors (Lipinski definition) is 1. The van der Waals surface area contributed by atoms with Crippen LogP contribution in [-0.2, 0) is 10.1 Å². The molecule has 0 saturated heterocycles. The van der Waals surface area contributed by atoms with Crippen molar-refractivity contribution in [3.63, 3.8) is 0 Å². The van der Waals surface area contributed by atoms with E-state index in [0.29, 0.717) is 6.61 Å². The van der Waals surface area contributed by atoms with Gasteiger partial charge < -0.3 is 4.74 Å². The zero-order valence-corrected chi connectivity index (χ0v) is 8.34. The second kappa shape index (κ2) is 3.85. The zero-order valence-electron chi connectivity index (χ0n) is 7.52. The largest absolute Gasteiger partial charge is 0.492 e. The molecule has 1 aromatic rings. The Morgan fingerprint density at radius 3 is 2.64 bits per heavy atom. The van der Waals surface area contributed by atoms with E-state index in [1.807, 2.05) is 0 Å². The van der Waals surface area contributed by atoms with E-state index in [1.165, 1.54) is 6.07 Å². The average molecular weight is 216 g/mol. The van der Waals surface area contributed by atoms with Crippen molar-refractivity contribution < 1.29 is 17.7 Å². The Labute approximate surface area is 82.2 Å². The summed E-state index contributed by atoms with van der Waals surface area (Å²) in [5.41, 5.74) is 7.46. The summed E-state index contributed by atoms with van der Waals surface area (Å²) >= 11 is 0. The van der Waals surface area contributed by atoms with E-state index in [1.54, 1.807) is 6.92 Å². The minimum Gasteiger partial charge on any atom is -0.492 e. The number of benzene rings is 1. The molecule has 0 aliphatic heterocycles. The fourth-order valence-electron chi connectivity index (χ4n) is 0.938. The van der Waals surface area contributed by atoms with Gasteiger partial charge in [0, 0.05) is 6.07 Å². The summed E-state index contributed by atoms with van der Waals surface area (Å²) in [6, 6.07) is 3.54. The second-order valence-corrected chi connectivity index (χ2v) is 3.99. The fraction of sp³-hybridized carbons (Fsp3) is 0.250. The predicted octanol–water partition coefficient (Wildman–Crippen LogP) is 1.25. The molecule has 0 heterocycles. The molecule has 2 N–H and O–H groups in total. The third-order valence-corrected chi connectivity index (χ3v) is 2.40. The predicted molar refractivity (Wildman–Crippen MR) is 50.2 cm³/mol. The minimum absolute atomic E-state index is 0.0826. The zero-order chi connectivity index (χ0) is 10.8. The van der Waals surface area contributed by atoms with Crippen LogP contribution in [0.5, 0.6) is 5.75 Å². The van der Waals surface area contributed by atoms with Gasteiger partial charge in [-0.05, 0) is 19.1 Å². The molecule has 1 rings (SSSR count). The Morgan fingerprint density at radius 2 is 2.14 bits per heavy atom. The molecule has 0 aliphatic carbocycles. The first kappa shape index (κ1) is 10.8. The van der Waals surface area contributed by atoms with Gasteiger partial charge in [0.2, 0.25) is 0 Å². The summed E-state index contributed by atoms with van der Waals surface area (Å²) in [6.45, 7) is 2.06. The van der Waals surface area contributed by atoms with Crippen molar-refractivity contribution in [2.24, 2.45) is 0 Å². The molecule has 0 bridgehead atoms. The molecule has 0 atom stereocenters.